The molecule has 18 heavy (non-hydrogen) atoms. The zero-order valence-corrected chi connectivity index (χ0v) is 10.9. The normalized spacial score (nSPS) is 23.7. The van der Waals surface area contributed by atoms with E-state index in [1.54, 1.807) is 19.2 Å². The minimum absolute atomic E-state index is 0.132. The lowest BCUT2D eigenvalue weighted by atomic mass is 9.94. The van der Waals surface area contributed by atoms with Crippen molar-refractivity contribution in [2.75, 3.05) is 30.8 Å². The van der Waals surface area contributed by atoms with Gasteiger partial charge in [0.15, 0.2) is 0 Å². The van der Waals surface area contributed by atoms with E-state index in [2.05, 4.69) is 17.9 Å². The average molecular weight is 245 g/mol. The quantitative estimate of drug-likeness (QED) is 0.811. The highest BCUT2D eigenvalue weighted by molar-refractivity contribution is 5.70. The summed E-state index contributed by atoms with van der Waals surface area (Å²) in [4.78, 5) is 2.21. The van der Waals surface area contributed by atoms with Crippen molar-refractivity contribution in [1.29, 1.82) is 5.26 Å². The maximum Gasteiger partial charge on any atom is 0.0992 e. The minimum atomic E-state index is -0.132. The number of methoxy groups -OCH3 is 1. The molecule has 1 aromatic rings. The van der Waals surface area contributed by atoms with Crippen LogP contribution < -0.4 is 10.6 Å². The summed E-state index contributed by atoms with van der Waals surface area (Å²) in [6.45, 7) is 3.88. The summed E-state index contributed by atoms with van der Waals surface area (Å²) in [5, 5.41) is 8.97. The first-order chi connectivity index (χ1) is 8.58. The summed E-state index contributed by atoms with van der Waals surface area (Å²) in [5.74, 6) is 0. The highest BCUT2D eigenvalue weighted by Crippen LogP contribution is 2.31. The van der Waals surface area contributed by atoms with Crippen molar-refractivity contribution in [2.45, 2.75) is 25.4 Å². The number of hydrogen-bond acceptors (Lipinski definition) is 4. The number of piperidine rings is 1. The number of hydrogen-bond donors (Lipinski definition) is 1. The van der Waals surface area contributed by atoms with Gasteiger partial charge in [0, 0.05) is 20.2 Å². The van der Waals surface area contributed by atoms with Crippen molar-refractivity contribution in [3.05, 3.63) is 23.8 Å². The molecule has 0 aromatic heterocycles. The molecule has 0 bridgehead atoms. The highest BCUT2D eigenvalue weighted by atomic mass is 16.5. The molecular formula is C14H19N3O. The SMILES string of the molecule is COC1(C)CCCN(c2cc(C#N)ccc2N)C1. The van der Waals surface area contributed by atoms with Crippen LogP contribution in [0.15, 0.2) is 18.2 Å². The third-order valence-electron chi connectivity index (χ3n) is 3.65. The first-order valence-corrected chi connectivity index (χ1v) is 6.18. The van der Waals surface area contributed by atoms with Crippen LogP contribution in [0.25, 0.3) is 0 Å². The molecule has 1 unspecified atom stereocenters. The highest BCUT2D eigenvalue weighted by Gasteiger charge is 2.31. The van der Waals surface area contributed by atoms with Gasteiger partial charge in [0.05, 0.1) is 28.6 Å². The Morgan fingerprint density at radius 2 is 2.28 bits per heavy atom. The molecule has 0 aliphatic carbocycles. The molecule has 1 aliphatic heterocycles. The van der Waals surface area contributed by atoms with E-state index in [-0.39, 0.29) is 5.60 Å². The van der Waals surface area contributed by atoms with E-state index in [1.165, 1.54) is 0 Å². The molecule has 1 aliphatic rings. The maximum absolute atomic E-state index is 8.97. The monoisotopic (exact) mass is 245 g/mol. The third kappa shape index (κ3) is 2.41. The number of rotatable bonds is 2. The predicted octanol–water partition coefficient (Wildman–Crippen LogP) is 2.15. The van der Waals surface area contributed by atoms with Gasteiger partial charge in [0.25, 0.3) is 0 Å². The fourth-order valence-corrected chi connectivity index (χ4v) is 2.47. The second kappa shape index (κ2) is 4.87. The Bertz CT molecular complexity index is 480. The molecule has 1 saturated heterocycles. The van der Waals surface area contributed by atoms with Crippen LogP contribution in [0.5, 0.6) is 0 Å². The van der Waals surface area contributed by atoms with Crippen molar-refractivity contribution in [3.8, 4) is 6.07 Å². The van der Waals surface area contributed by atoms with E-state index in [9.17, 15) is 0 Å². The minimum Gasteiger partial charge on any atom is -0.397 e. The molecule has 0 spiro atoms. The topological polar surface area (TPSA) is 62.3 Å². The Kier molecular flexibility index (Phi) is 3.44. The molecule has 2 rings (SSSR count). The molecular weight excluding hydrogens is 226 g/mol. The average Bonchev–Trinajstić information content (AvgIpc) is 2.39. The third-order valence-corrected chi connectivity index (χ3v) is 3.65. The summed E-state index contributed by atoms with van der Waals surface area (Å²) in [7, 11) is 1.75. The molecule has 4 nitrogen and oxygen atoms in total. The van der Waals surface area contributed by atoms with Gasteiger partial charge in [-0.15, -0.1) is 0 Å². The number of nitrogens with zero attached hydrogens (tertiary/aromatic N) is 2. The van der Waals surface area contributed by atoms with Gasteiger partial charge < -0.3 is 15.4 Å². The zero-order chi connectivity index (χ0) is 13.2. The standard InChI is InChI=1S/C14H19N3O/c1-14(18-2)6-3-7-17(10-14)13-8-11(9-15)4-5-12(13)16/h4-5,8H,3,6-7,10,16H2,1-2H3. The van der Waals surface area contributed by atoms with Crippen molar-refractivity contribution in [2.24, 2.45) is 0 Å². The first-order valence-electron chi connectivity index (χ1n) is 6.18. The Morgan fingerprint density at radius 3 is 2.94 bits per heavy atom. The summed E-state index contributed by atoms with van der Waals surface area (Å²) in [6.07, 6.45) is 2.12. The molecule has 0 amide bonds. The lowest BCUT2D eigenvalue weighted by Gasteiger charge is -2.41. The number of benzene rings is 1. The molecule has 2 N–H and O–H groups in total. The molecule has 4 heteroatoms. The molecule has 1 atom stereocenters. The van der Waals surface area contributed by atoms with Crippen LogP contribution in [0.3, 0.4) is 0 Å². The van der Waals surface area contributed by atoms with E-state index < -0.39 is 0 Å². The van der Waals surface area contributed by atoms with Gasteiger partial charge in [-0.3, -0.25) is 0 Å². The Labute approximate surface area is 108 Å². The van der Waals surface area contributed by atoms with Gasteiger partial charge in [0.1, 0.15) is 0 Å². The van der Waals surface area contributed by atoms with Gasteiger partial charge in [0.2, 0.25) is 0 Å². The van der Waals surface area contributed by atoms with Gasteiger partial charge in [-0.05, 0) is 38.0 Å². The van der Waals surface area contributed by atoms with E-state index in [0.717, 1.165) is 31.6 Å². The molecule has 0 radical (unpaired) electrons. The number of nitrogens with two attached hydrogens (primary N) is 1. The smallest absolute Gasteiger partial charge is 0.0992 e. The van der Waals surface area contributed by atoms with Crippen LogP contribution in [-0.4, -0.2) is 25.8 Å². The van der Waals surface area contributed by atoms with Crippen LogP contribution in [0.1, 0.15) is 25.3 Å². The van der Waals surface area contributed by atoms with Crippen molar-refractivity contribution in [1.82, 2.24) is 0 Å². The second-order valence-electron chi connectivity index (χ2n) is 5.06. The Morgan fingerprint density at radius 1 is 1.50 bits per heavy atom. The molecule has 96 valence electrons. The zero-order valence-electron chi connectivity index (χ0n) is 10.9. The number of nitrogen functional groups attached to an aromatic ring is 1. The summed E-state index contributed by atoms with van der Waals surface area (Å²) in [6, 6.07) is 7.56. The number of nitriles is 1. The van der Waals surface area contributed by atoms with Gasteiger partial charge in [-0.25, -0.2) is 0 Å². The van der Waals surface area contributed by atoms with Gasteiger partial charge in [-0.1, -0.05) is 0 Å². The summed E-state index contributed by atoms with van der Waals surface area (Å²) < 4.78 is 5.58. The van der Waals surface area contributed by atoms with Crippen LogP contribution in [0.2, 0.25) is 0 Å². The maximum atomic E-state index is 8.97. The van der Waals surface area contributed by atoms with Crippen LogP contribution >= 0.6 is 0 Å². The predicted molar refractivity (Wildman–Crippen MR) is 72.4 cm³/mol. The summed E-state index contributed by atoms with van der Waals surface area (Å²) in [5.41, 5.74) is 8.18. The van der Waals surface area contributed by atoms with Gasteiger partial charge in [-0.2, -0.15) is 5.26 Å². The molecule has 1 fully saturated rings. The lowest BCUT2D eigenvalue weighted by molar-refractivity contribution is -0.00462. The van der Waals surface area contributed by atoms with E-state index >= 15 is 0 Å². The van der Waals surface area contributed by atoms with E-state index in [4.69, 9.17) is 15.7 Å². The number of anilines is 2. The van der Waals surface area contributed by atoms with Crippen LogP contribution in [0.4, 0.5) is 11.4 Å². The second-order valence-corrected chi connectivity index (χ2v) is 5.06. The van der Waals surface area contributed by atoms with E-state index in [1.807, 2.05) is 6.07 Å². The fourth-order valence-electron chi connectivity index (χ4n) is 2.47. The summed E-state index contributed by atoms with van der Waals surface area (Å²) >= 11 is 0. The lowest BCUT2D eigenvalue weighted by Crippen LogP contribution is -2.47. The van der Waals surface area contributed by atoms with Crippen molar-refractivity contribution >= 4 is 11.4 Å². The molecule has 1 heterocycles. The molecule has 1 aromatic carbocycles. The molecule has 0 saturated carbocycles. The van der Waals surface area contributed by atoms with Gasteiger partial charge >= 0.3 is 0 Å². The van der Waals surface area contributed by atoms with E-state index in [0.29, 0.717) is 11.3 Å². The fraction of sp³-hybridized carbons (Fsp3) is 0.500. The van der Waals surface area contributed by atoms with Crippen molar-refractivity contribution in [3.63, 3.8) is 0 Å². The Balaban J connectivity index is 2.29. The number of ether oxygens (including phenoxy) is 1. The Hall–Kier alpha value is -1.73. The van der Waals surface area contributed by atoms with Crippen molar-refractivity contribution < 1.29 is 4.74 Å². The van der Waals surface area contributed by atoms with Crippen LogP contribution in [-0.2, 0) is 4.74 Å². The van der Waals surface area contributed by atoms with Crippen LogP contribution in [0, 0.1) is 11.3 Å². The largest absolute Gasteiger partial charge is 0.397 e. The first kappa shape index (κ1) is 12.7.